The van der Waals surface area contributed by atoms with Crippen LogP contribution in [0.4, 0.5) is 0 Å². The number of aliphatic hydroxyl groups is 10. The number of phosphoric acid groups is 1. The highest BCUT2D eigenvalue weighted by atomic mass is 31.2. The van der Waals surface area contributed by atoms with Crippen molar-refractivity contribution in [2.24, 2.45) is 0 Å². The number of aliphatic hydroxyl groups excluding tert-OH is 10. The third-order valence-electron chi connectivity index (χ3n) is 18.3. The molecule has 8 unspecified atom stereocenters. The standard InChI is InChI=1S/C71H125N2O26P/c1-3-5-7-9-11-13-15-17-19-21-23-25-27-29-31-33-58(78)90-47-52(94-59(79)34-32-30-28-26-24-22-20-18-16-14-12-10-8-6-4-2)48-93-100(88,89)92-44-43-73-57(77)40-39-56(76)72-42-41-50-35-37-51(38-36-50)95-71-67(87)68(99-70-66(86)64(84)61(81)54(46-75)97-70)62(82)55(98-71)49-91-69-65(85)63(83)60(80)53(45-74)96-69/h35-38,52-55,60-71,74-75,80-87H,3-34,39-49H2,1-2H3,(H,72,76)(H,73,77)(H,88,89)/p-1/t52?,53?,54?,55?,60-,61+,62-,63?,64?,65-,66+,67-,68?,69+,70+,71+/m1/s1. The molecule has 29 heteroatoms. The van der Waals surface area contributed by atoms with Crippen molar-refractivity contribution >= 4 is 31.6 Å². The number of ether oxygens (including phenoxy) is 8. The summed E-state index contributed by atoms with van der Waals surface area (Å²) in [7, 11) is -5.01. The lowest BCUT2D eigenvalue weighted by Gasteiger charge is -2.46. The van der Waals surface area contributed by atoms with Crippen molar-refractivity contribution in [3.8, 4) is 5.75 Å². The minimum Gasteiger partial charge on any atom is -0.756 e. The predicted molar refractivity (Wildman–Crippen MR) is 365 cm³/mol. The minimum atomic E-state index is -5.01. The van der Waals surface area contributed by atoms with Crippen LogP contribution in [0.2, 0.25) is 0 Å². The van der Waals surface area contributed by atoms with E-state index in [1.165, 1.54) is 147 Å². The van der Waals surface area contributed by atoms with Crippen molar-refractivity contribution in [3.63, 3.8) is 0 Å². The molecule has 1 aromatic rings. The summed E-state index contributed by atoms with van der Waals surface area (Å²) in [6.45, 7) is 0.545. The Morgan fingerprint density at radius 3 is 1.39 bits per heavy atom. The van der Waals surface area contributed by atoms with Gasteiger partial charge in [0.25, 0.3) is 7.82 Å². The second-order valence-corrected chi connectivity index (χ2v) is 28.2. The lowest BCUT2D eigenvalue weighted by Crippen LogP contribution is -2.65. The molecule has 0 spiro atoms. The first-order valence-electron chi connectivity index (χ1n) is 37.4. The van der Waals surface area contributed by atoms with E-state index in [0.29, 0.717) is 24.8 Å². The van der Waals surface area contributed by atoms with Crippen molar-refractivity contribution < 1.29 is 127 Å². The summed E-state index contributed by atoms with van der Waals surface area (Å²) in [6.07, 6.45) is 8.50. The maximum absolute atomic E-state index is 13.0. The Balaban J connectivity index is 1.17. The lowest BCUT2D eigenvalue weighted by atomic mass is 9.96. The van der Waals surface area contributed by atoms with Gasteiger partial charge in [0.2, 0.25) is 18.1 Å². The summed E-state index contributed by atoms with van der Waals surface area (Å²) in [4.78, 5) is 63.9. The van der Waals surface area contributed by atoms with E-state index in [1.54, 1.807) is 12.1 Å². The van der Waals surface area contributed by atoms with Crippen LogP contribution in [0.1, 0.15) is 238 Å². The van der Waals surface area contributed by atoms with Gasteiger partial charge in [-0.2, -0.15) is 0 Å². The molecule has 3 heterocycles. The second-order valence-electron chi connectivity index (χ2n) is 26.8. The van der Waals surface area contributed by atoms with Gasteiger partial charge in [0.1, 0.15) is 85.6 Å². The van der Waals surface area contributed by atoms with Crippen molar-refractivity contribution in [2.75, 3.05) is 52.7 Å². The fraction of sp³-hybridized carbons (Fsp3) is 0.859. The van der Waals surface area contributed by atoms with E-state index in [9.17, 15) is 79.7 Å². The second kappa shape index (κ2) is 52.4. The average Bonchev–Trinajstić information content (AvgIpc) is 0.795. The Bertz CT molecular complexity index is 2370. The zero-order valence-corrected chi connectivity index (χ0v) is 60.3. The maximum atomic E-state index is 13.0. The van der Waals surface area contributed by atoms with Gasteiger partial charge in [0.15, 0.2) is 18.7 Å². The molecule has 17 atom stereocenters. The summed E-state index contributed by atoms with van der Waals surface area (Å²) in [5, 5.41) is 110. The molecular weight excluding hydrogens is 1330 g/mol. The number of carbonyl (C=O) groups excluding carboxylic acids is 4. The quantitative estimate of drug-likeness (QED) is 0.0216. The van der Waals surface area contributed by atoms with E-state index >= 15 is 0 Å². The van der Waals surface area contributed by atoms with Crippen molar-refractivity contribution in [1.29, 1.82) is 0 Å². The van der Waals surface area contributed by atoms with Crippen LogP contribution in [0, 0.1) is 0 Å². The van der Waals surface area contributed by atoms with Gasteiger partial charge in [-0.15, -0.1) is 0 Å². The van der Waals surface area contributed by atoms with Gasteiger partial charge >= 0.3 is 11.9 Å². The largest absolute Gasteiger partial charge is 0.756 e. The van der Waals surface area contributed by atoms with Gasteiger partial charge in [0, 0.05) is 38.8 Å². The topological polar surface area (TPSA) is 427 Å². The molecule has 3 fully saturated rings. The molecule has 0 saturated carbocycles. The molecule has 3 aliphatic rings. The summed E-state index contributed by atoms with van der Waals surface area (Å²) < 4.78 is 67.9. The third-order valence-corrected chi connectivity index (χ3v) is 19.3. The molecule has 3 aliphatic heterocycles. The molecule has 0 aromatic heterocycles. The van der Waals surface area contributed by atoms with E-state index < -0.39 is 169 Å². The number of nitrogens with one attached hydrogen (secondary N) is 2. The first-order chi connectivity index (χ1) is 48.2. The SMILES string of the molecule is CCCCCCCCCCCCCCCCCC(=O)OCC(COP(=O)([O-])OCCNC(=O)CCC(=O)NCCc1ccc(O[C@H]2OC(CO[C@H]3OC(CO)[C@@H](O)C(O)[C@H]3O)[C@@H](O)C(O[C@@H]3OC(CO)[C@H](O)C(O)[C@@H]3O)[C@H]2O)cc1)OC(=O)CCCCCCCCCCCCCCCCC. The highest BCUT2D eigenvalue weighted by Crippen LogP contribution is 2.38. The first kappa shape index (κ1) is 88.8. The van der Waals surface area contributed by atoms with Gasteiger partial charge in [-0.05, 0) is 37.0 Å². The van der Waals surface area contributed by atoms with Crippen molar-refractivity contribution in [3.05, 3.63) is 29.8 Å². The van der Waals surface area contributed by atoms with E-state index in [0.717, 1.165) is 44.9 Å². The number of benzene rings is 1. The zero-order chi connectivity index (χ0) is 72.9. The summed E-state index contributed by atoms with van der Waals surface area (Å²) in [6, 6.07) is 6.25. The molecule has 0 bridgehead atoms. The third kappa shape index (κ3) is 35.9. The first-order valence-corrected chi connectivity index (χ1v) is 38.8. The summed E-state index contributed by atoms with van der Waals surface area (Å²) in [5.41, 5.74) is 0.700. The Kier molecular flexibility index (Phi) is 46.5. The van der Waals surface area contributed by atoms with E-state index in [-0.39, 0.29) is 44.5 Å². The Morgan fingerprint density at radius 2 is 0.910 bits per heavy atom. The van der Waals surface area contributed by atoms with Crippen LogP contribution in [0.25, 0.3) is 0 Å². The minimum absolute atomic E-state index is 0.108. The van der Waals surface area contributed by atoms with E-state index in [2.05, 4.69) is 24.5 Å². The highest BCUT2D eigenvalue weighted by Gasteiger charge is 2.52. The van der Waals surface area contributed by atoms with Crippen LogP contribution in [0.5, 0.6) is 5.75 Å². The lowest BCUT2D eigenvalue weighted by molar-refractivity contribution is -0.358. The van der Waals surface area contributed by atoms with Crippen LogP contribution in [-0.2, 0) is 72.4 Å². The molecule has 2 amide bonds. The smallest absolute Gasteiger partial charge is 0.306 e. The molecule has 28 nitrogen and oxygen atoms in total. The van der Waals surface area contributed by atoms with Crippen LogP contribution < -0.4 is 20.3 Å². The average molecular weight is 1450 g/mol. The van der Waals surface area contributed by atoms with Crippen LogP contribution in [-0.4, -0.2) is 226 Å². The monoisotopic (exact) mass is 1450 g/mol. The summed E-state index contributed by atoms with van der Waals surface area (Å²) >= 11 is 0. The normalized spacial score (nSPS) is 26.4. The molecule has 4 rings (SSSR count). The predicted octanol–water partition coefficient (Wildman–Crippen LogP) is 5.55. The van der Waals surface area contributed by atoms with Crippen molar-refractivity contribution in [2.45, 2.75) is 337 Å². The number of amides is 2. The number of hydrogen-bond acceptors (Lipinski definition) is 26. The molecule has 100 heavy (non-hydrogen) atoms. The Morgan fingerprint density at radius 1 is 0.480 bits per heavy atom. The molecule has 0 aliphatic carbocycles. The molecule has 3 saturated heterocycles. The van der Waals surface area contributed by atoms with Gasteiger partial charge in [-0.1, -0.05) is 206 Å². The Labute approximate surface area is 591 Å². The molecule has 0 radical (unpaired) electrons. The number of carbonyl (C=O) groups is 4. The number of rotatable bonds is 57. The molecule has 1 aromatic carbocycles. The number of unbranched alkanes of at least 4 members (excludes halogenated alkanes) is 28. The molecule has 12 N–H and O–H groups in total. The van der Waals surface area contributed by atoms with Gasteiger partial charge in [-0.25, -0.2) is 0 Å². The van der Waals surface area contributed by atoms with Gasteiger partial charge < -0.3 is 114 Å². The van der Waals surface area contributed by atoms with E-state index in [1.807, 2.05) is 0 Å². The number of phosphoric ester groups is 1. The van der Waals surface area contributed by atoms with Gasteiger partial charge in [0.05, 0.1) is 33.0 Å². The van der Waals surface area contributed by atoms with E-state index in [4.69, 9.17) is 46.9 Å². The zero-order valence-electron chi connectivity index (χ0n) is 59.4. The fourth-order valence-electron chi connectivity index (χ4n) is 12.1. The Hall–Kier alpha value is -3.59. The van der Waals surface area contributed by atoms with Crippen LogP contribution in [0.3, 0.4) is 0 Å². The number of esters is 2. The van der Waals surface area contributed by atoms with Crippen molar-refractivity contribution in [1.82, 2.24) is 10.6 Å². The molecular formula is C71H124N2O26P-. The highest BCUT2D eigenvalue weighted by molar-refractivity contribution is 7.45. The van der Waals surface area contributed by atoms with Gasteiger partial charge in [-0.3, -0.25) is 23.7 Å². The fourth-order valence-corrected chi connectivity index (χ4v) is 12.8. The maximum Gasteiger partial charge on any atom is 0.306 e. The molecule has 580 valence electrons. The van der Waals surface area contributed by atoms with Crippen LogP contribution >= 0.6 is 7.82 Å². The van der Waals surface area contributed by atoms with Crippen LogP contribution in [0.15, 0.2) is 24.3 Å². The summed E-state index contributed by atoms with van der Waals surface area (Å²) in [5.74, 6) is -1.97. The number of hydrogen-bond donors (Lipinski definition) is 12.